The molecule has 3 rings (SSSR count). The third-order valence-corrected chi connectivity index (χ3v) is 4.87. The summed E-state index contributed by atoms with van der Waals surface area (Å²) in [7, 11) is 0. The number of carbonyl (C=O) groups is 2. The Morgan fingerprint density at radius 1 is 1.04 bits per heavy atom. The van der Waals surface area contributed by atoms with Gasteiger partial charge in [-0.2, -0.15) is 0 Å². The van der Waals surface area contributed by atoms with Crippen molar-refractivity contribution in [2.24, 2.45) is 11.7 Å². The predicted octanol–water partition coefficient (Wildman–Crippen LogP) is 1.61. The van der Waals surface area contributed by atoms with Gasteiger partial charge in [-0.3, -0.25) is 9.59 Å². The van der Waals surface area contributed by atoms with Crippen molar-refractivity contribution in [3.8, 4) is 0 Å². The maximum atomic E-state index is 12.7. The molecule has 124 valence electrons. The van der Waals surface area contributed by atoms with Gasteiger partial charge in [0.2, 0.25) is 11.8 Å². The summed E-state index contributed by atoms with van der Waals surface area (Å²) >= 11 is 0. The number of benzene rings is 1. The van der Waals surface area contributed by atoms with Crippen LogP contribution in [-0.4, -0.2) is 42.4 Å². The van der Waals surface area contributed by atoms with Crippen molar-refractivity contribution >= 4 is 17.5 Å². The average molecular weight is 315 g/mol. The molecule has 0 bridgehead atoms. The van der Waals surface area contributed by atoms with Gasteiger partial charge in [0.05, 0.1) is 0 Å². The normalized spacial score (nSPS) is 22.7. The van der Waals surface area contributed by atoms with E-state index in [-0.39, 0.29) is 17.9 Å². The van der Waals surface area contributed by atoms with Crippen LogP contribution in [0, 0.1) is 19.8 Å². The highest BCUT2D eigenvalue weighted by Gasteiger charge is 2.40. The highest BCUT2D eigenvalue weighted by Crippen LogP contribution is 2.28. The molecule has 0 spiro atoms. The lowest BCUT2D eigenvalue weighted by Gasteiger charge is -2.31. The maximum absolute atomic E-state index is 12.7. The first-order chi connectivity index (χ1) is 11.0. The molecule has 2 fully saturated rings. The fraction of sp³-hybridized carbons (Fsp3) is 0.556. The van der Waals surface area contributed by atoms with Crippen LogP contribution in [0.2, 0.25) is 0 Å². The molecular weight excluding hydrogens is 290 g/mol. The van der Waals surface area contributed by atoms with E-state index in [9.17, 15) is 9.59 Å². The number of nitrogens with two attached hydrogens (primary N) is 1. The summed E-state index contributed by atoms with van der Waals surface area (Å²) in [5, 5.41) is 0. The number of aryl methyl sites for hydroxylation is 2. The minimum atomic E-state index is -0.523. The van der Waals surface area contributed by atoms with Gasteiger partial charge < -0.3 is 15.5 Å². The maximum Gasteiger partial charge on any atom is 0.239 e. The summed E-state index contributed by atoms with van der Waals surface area (Å²) < 4.78 is 0. The average Bonchev–Trinajstić information content (AvgIpc) is 2.88. The molecule has 2 heterocycles. The van der Waals surface area contributed by atoms with Crippen molar-refractivity contribution in [2.75, 3.05) is 24.5 Å². The first-order valence-electron chi connectivity index (χ1n) is 8.40. The molecule has 0 aromatic heterocycles. The largest absolute Gasteiger partial charge is 0.342 e. The second-order valence-corrected chi connectivity index (χ2v) is 6.84. The van der Waals surface area contributed by atoms with E-state index in [1.54, 1.807) is 4.90 Å². The van der Waals surface area contributed by atoms with Crippen molar-refractivity contribution < 1.29 is 9.59 Å². The van der Waals surface area contributed by atoms with E-state index < -0.39 is 5.92 Å². The summed E-state index contributed by atoms with van der Waals surface area (Å²) in [6.07, 6.45) is 2.26. The zero-order valence-corrected chi connectivity index (χ0v) is 13.9. The SMILES string of the molecule is Cc1cc(C)cc(N2CCC(C(=O)N3CCC(N)CC3)C2=O)c1. The van der Waals surface area contributed by atoms with Gasteiger partial charge in [0.15, 0.2) is 0 Å². The number of piperidine rings is 1. The van der Waals surface area contributed by atoms with Crippen molar-refractivity contribution in [2.45, 2.75) is 39.2 Å². The molecular formula is C18H25N3O2. The Morgan fingerprint density at radius 3 is 2.26 bits per heavy atom. The lowest BCUT2D eigenvalue weighted by molar-refractivity contribution is -0.140. The number of nitrogens with zero attached hydrogens (tertiary/aromatic N) is 2. The summed E-state index contributed by atoms with van der Waals surface area (Å²) in [5.74, 6) is -0.603. The van der Waals surface area contributed by atoms with E-state index >= 15 is 0 Å². The van der Waals surface area contributed by atoms with Crippen molar-refractivity contribution in [1.29, 1.82) is 0 Å². The summed E-state index contributed by atoms with van der Waals surface area (Å²) in [5.41, 5.74) is 9.06. The number of amides is 2. The van der Waals surface area contributed by atoms with Gasteiger partial charge in [0, 0.05) is 31.4 Å². The van der Waals surface area contributed by atoms with Gasteiger partial charge in [-0.05, 0) is 56.4 Å². The van der Waals surface area contributed by atoms with Gasteiger partial charge in [-0.25, -0.2) is 0 Å². The highest BCUT2D eigenvalue weighted by atomic mass is 16.2. The van der Waals surface area contributed by atoms with Crippen LogP contribution in [0.4, 0.5) is 5.69 Å². The van der Waals surface area contributed by atoms with E-state index in [1.807, 2.05) is 30.9 Å². The molecule has 23 heavy (non-hydrogen) atoms. The molecule has 0 saturated carbocycles. The first kappa shape index (κ1) is 16.0. The molecule has 0 aliphatic carbocycles. The number of rotatable bonds is 2. The van der Waals surface area contributed by atoms with Gasteiger partial charge >= 0.3 is 0 Å². The van der Waals surface area contributed by atoms with Crippen LogP contribution in [0.1, 0.15) is 30.4 Å². The number of carbonyl (C=O) groups excluding carboxylic acids is 2. The van der Waals surface area contributed by atoms with Crippen LogP contribution >= 0.6 is 0 Å². The second-order valence-electron chi connectivity index (χ2n) is 6.84. The number of hydrogen-bond acceptors (Lipinski definition) is 3. The molecule has 2 amide bonds. The van der Waals surface area contributed by atoms with Crippen LogP contribution in [0.15, 0.2) is 18.2 Å². The molecule has 2 aliphatic rings. The van der Waals surface area contributed by atoms with E-state index in [1.165, 1.54) is 0 Å². The second kappa shape index (κ2) is 6.32. The Kier molecular flexibility index (Phi) is 4.39. The Labute approximate surface area is 137 Å². The molecule has 1 unspecified atom stereocenters. The van der Waals surface area contributed by atoms with Gasteiger partial charge in [-0.1, -0.05) is 6.07 Å². The molecule has 1 atom stereocenters. The smallest absolute Gasteiger partial charge is 0.239 e. The quantitative estimate of drug-likeness (QED) is 0.843. The summed E-state index contributed by atoms with van der Waals surface area (Å²) in [6, 6.07) is 6.30. The monoisotopic (exact) mass is 315 g/mol. The Hall–Kier alpha value is -1.88. The lowest BCUT2D eigenvalue weighted by Crippen LogP contribution is -2.46. The van der Waals surface area contributed by atoms with Crippen LogP contribution in [0.3, 0.4) is 0 Å². The molecule has 5 nitrogen and oxygen atoms in total. The molecule has 1 aromatic rings. The van der Waals surface area contributed by atoms with E-state index in [0.29, 0.717) is 26.1 Å². The highest BCUT2D eigenvalue weighted by molar-refractivity contribution is 6.09. The first-order valence-corrected chi connectivity index (χ1v) is 8.40. The fourth-order valence-corrected chi connectivity index (χ4v) is 3.61. The third kappa shape index (κ3) is 3.24. The molecule has 5 heteroatoms. The van der Waals surface area contributed by atoms with Crippen LogP contribution in [0.25, 0.3) is 0 Å². The molecule has 2 saturated heterocycles. The number of likely N-dealkylation sites (tertiary alicyclic amines) is 1. The van der Waals surface area contributed by atoms with Crippen molar-refractivity contribution in [3.63, 3.8) is 0 Å². The van der Waals surface area contributed by atoms with Gasteiger partial charge in [0.1, 0.15) is 5.92 Å². The summed E-state index contributed by atoms with van der Waals surface area (Å²) in [6.45, 7) is 6.01. The summed E-state index contributed by atoms with van der Waals surface area (Å²) in [4.78, 5) is 29.0. The van der Waals surface area contributed by atoms with Gasteiger partial charge in [0.25, 0.3) is 0 Å². The van der Waals surface area contributed by atoms with E-state index in [0.717, 1.165) is 29.7 Å². The van der Waals surface area contributed by atoms with Gasteiger partial charge in [-0.15, -0.1) is 0 Å². The van der Waals surface area contributed by atoms with Crippen LogP contribution < -0.4 is 10.6 Å². The standard InChI is InChI=1S/C18H25N3O2/c1-12-9-13(2)11-15(10-12)21-8-5-16(18(21)23)17(22)20-6-3-14(19)4-7-20/h9-11,14,16H,3-8,19H2,1-2H3. The Morgan fingerprint density at radius 2 is 1.65 bits per heavy atom. The minimum absolute atomic E-state index is 0.0197. The van der Waals surface area contributed by atoms with Crippen LogP contribution in [-0.2, 0) is 9.59 Å². The van der Waals surface area contributed by atoms with Crippen LogP contribution in [0.5, 0.6) is 0 Å². The Bertz CT molecular complexity index is 600. The zero-order valence-electron chi connectivity index (χ0n) is 13.9. The third-order valence-electron chi connectivity index (χ3n) is 4.87. The topological polar surface area (TPSA) is 66.6 Å². The predicted molar refractivity (Wildman–Crippen MR) is 90.2 cm³/mol. The number of anilines is 1. The Balaban J connectivity index is 1.72. The molecule has 2 N–H and O–H groups in total. The van der Waals surface area contributed by atoms with E-state index in [2.05, 4.69) is 6.07 Å². The van der Waals surface area contributed by atoms with Crippen molar-refractivity contribution in [1.82, 2.24) is 4.90 Å². The zero-order chi connectivity index (χ0) is 16.6. The fourth-order valence-electron chi connectivity index (χ4n) is 3.61. The van der Waals surface area contributed by atoms with E-state index in [4.69, 9.17) is 5.73 Å². The molecule has 2 aliphatic heterocycles. The molecule has 1 aromatic carbocycles. The lowest BCUT2D eigenvalue weighted by atomic mass is 10.0. The molecule has 0 radical (unpaired) electrons. The minimum Gasteiger partial charge on any atom is -0.342 e. The number of hydrogen-bond donors (Lipinski definition) is 1. The van der Waals surface area contributed by atoms with Crippen molar-refractivity contribution in [3.05, 3.63) is 29.3 Å².